The van der Waals surface area contributed by atoms with E-state index in [0.29, 0.717) is 0 Å². The van der Waals surface area contributed by atoms with Crippen molar-refractivity contribution in [1.29, 1.82) is 0 Å². The van der Waals surface area contributed by atoms with E-state index in [2.05, 4.69) is 16.0 Å². The maximum absolute atomic E-state index is 3.94. The molecule has 0 bridgehead atoms. The zero-order valence-electron chi connectivity index (χ0n) is 6.44. The molecule has 0 saturated heterocycles. The average molecular weight is 155 g/mol. The lowest BCUT2D eigenvalue weighted by Gasteiger charge is -1.96. The molecule has 0 unspecified atom stereocenters. The van der Waals surface area contributed by atoms with E-state index in [-0.39, 0.29) is 0 Å². The third-order valence-corrected chi connectivity index (χ3v) is 1.61. The first-order valence-corrected chi connectivity index (χ1v) is 3.68. The number of nitrogens with zero attached hydrogens (tertiary/aromatic N) is 2. The summed E-state index contributed by atoms with van der Waals surface area (Å²) in [5.74, 6) is 0. The molecule has 0 aliphatic heterocycles. The zero-order valence-corrected chi connectivity index (χ0v) is 6.44. The van der Waals surface area contributed by atoms with E-state index >= 15 is 0 Å². The van der Waals surface area contributed by atoms with Gasteiger partial charge in [0, 0.05) is 18.0 Å². The van der Waals surface area contributed by atoms with Crippen LogP contribution in [0.2, 0.25) is 0 Å². The quantitative estimate of drug-likeness (QED) is 0.629. The predicted octanol–water partition coefficient (Wildman–Crippen LogP) is 1.94. The minimum absolute atomic E-state index is 1.03. The molecule has 0 aliphatic rings. The Morgan fingerprint density at radius 2 is 1.58 bits per heavy atom. The van der Waals surface area contributed by atoms with E-state index in [1.165, 1.54) is 6.33 Å². The highest BCUT2D eigenvalue weighted by atomic mass is 14.8. The molecule has 0 amide bonds. The van der Waals surface area contributed by atoms with Crippen molar-refractivity contribution in [3.05, 3.63) is 49.1 Å². The van der Waals surface area contributed by atoms with Crippen molar-refractivity contribution in [3.63, 3.8) is 0 Å². The SMILES string of the molecule is [c]1ccc(-c2cncnc2)cc1. The van der Waals surface area contributed by atoms with Gasteiger partial charge in [0.1, 0.15) is 6.33 Å². The summed E-state index contributed by atoms with van der Waals surface area (Å²) in [4.78, 5) is 7.88. The van der Waals surface area contributed by atoms with Crippen molar-refractivity contribution in [2.24, 2.45) is 0 Å². The van der Waals surface area contributed by atoms with Gasteiger partial charge in [-0.15, -0.1) is 0 Å². The lowest BCUT2D eigenvalue weighted by atomic mass is 10.1. The summed E-state index contributed by atoms with van der Waals surface area (Å²) in [6.07, 6.45) is 5.11. The van der Waals surface area contributed by atoms with Crippen molar-refractivity contribution < 1.29 is 0 Å². The van der Waals surface area contributed by atoms with Gasteiger partial charge < -0.3 is 0 Å². The Balaban J connectivity index is 2.46. The molecule has 1 aromatic heterocycles. The monoisotopic (exact) mass is 155 g/mol. The van der Waals surface area contributed by atoms with Gasteiger partial charge in [0.2, 0.25) is 0 Å². The van der Waals surface area contributed by atoms with E-state index in [1.54, 1.807) is 12.4 Å². The average Bonchev–Trinajstić information content (AvgIpc) is 2.21. The van der Waals surface area contributed by atoms with Crippen LogP contribution in [-0.2, 0) is 0 Å². The summed E-state index contributed by atoms with van der Waals surface area (Å²) in [6, 6.07) is 10.7. The highest BCUT2D eigenvalue weighted by molar-refractivity contribution is 5.60. The number of benzene rings is 1. The molecule has 0 atom stereocenters. The summed E-state index contributed by atoms with van der Waals surface area (Å²) in [7, 11) is 0. The van der Waals surface area contributed by atoms with Crippen LogP contribution in [0.1, 0.15) is 0 Å². The second-order valence-corrected chi connectivity index (χ2v) is 2.42. The van der Waals surface area contributed by atoms with Crippen molar-refractivity contribution in [2.45, 2.75) is 0 Å². The topological polar surface area (TPSA) is 25.8 Å². The molecule has 2 heteroatoms. The third-order valence-electron chi connectivity index (χ3n) is 1.61. The van der Waals surface area contributed by atoms with Gasteiger partial charge in [-0.25, -0.2) is 9.97 Å². The molecule has 0 N–H and O–H groups in total. The fourth-order valence-corrected chi connectivity index (χ4v) is 1.03. The first-order chi connectivity index (χ1) is 5.97. The second-order valence-electron chi connectivity index (χ2n) is 2.42. The fraction of sp³-hybridized carbons (Fsp3) is 0. The van der Waals surface area contributed by atoms with Crippen LogP contribution in [0.4, 0.5) is 0 Å². The maximum atomic E-state index is 3.94. The Kier molecular flexibility index (Phi) is 1.82. The van der Waals surface area contributed by atoms with Gasteiger partial charge in [0.25, 0.3) is 0 Å². The number of rotatable bonds is 1. The zero-order chi connectivity index (χ0) is 8.23. The summed E-state index contributed by atoms with van der Waals surface area (Å²) >= 11 is 0. The summed E-state index contributed by atoms with van der Waals surface area (Å²) in [5, 5.41) is 0. The Morgan fingerprint density at radius 1 is 0.917 bits per heavy atom. The molecular formula is C10H7N2. The van der Waals surface area contributed by atoms with Crippen LogP contribution < -0.4 is 0 Å². The van der Waals surface area contributed by atoms with Crippen LogP contribution >= 0.6 is 0 Å². The van der Waals surface area contributed by atoms with Gasteiger partial charge in [0.05, 0.1) is 0 Å². The van der Waals surface area contributed by atoms with Gasteiger partial charge in [-0.3, -0.25) is 0 Å². The van der Waals surface area contributed by atoms with Crippen molar-refractivity contribution in [2.75, 3.05) is 0 Å². The van der Waals surface area contributed by atoms with Crippen LogP contribution in [0, 0.1) is 6.07 Å². The Bertz CT molecular complexity index is 305. The van der Waals surface area contributed by atoms with Gasteiger partial charge in [0.15, 0.2) is 0 Å². The van der Waals surface area contributed by atoms with Crippen LogP contribution in [0.15, 0.2) is 43.0 Å². The molecule has 2 nitrogen and oxygen atoms in total. The molecule has 0 spiro atoms. The van der Waals surface area contributed by atoms with Crippen molar-refractivity contribution in [3.8, 4) is 11.1 Å². The second kappa shape index (κ2) is 3.13. The Labute approximate surface area is 70.9 Å². The number of aromatic nitrogens is 2. The smallest absolute Gasteiger partial charge is 0.115 e. The molecule has 0 aliphatic carbocycles. The molecule has 0 fully saturated rings. The highest BCUT2D eigenvalue weighted by Gasteiger charge is 1.93. The van der Waals surface area contributed by atoms with Crippen LogP contribution in [0.25, 0.3) is 11.1 Å². The third kappa shape index (κ3) is 1.32. The largest absolute Gasteiger partial charge is 0.244 e. The van der Waals surface area contributed by atoms with E-state index in [9.17, 15) is 0 Å². The molecule has 12 heavy (non-hydrogen) atoms. The van der Waals surface area contributed by atoms with E-state index in [0.717, 1.165) is 11.1 Å². The van der Waals surface area contributed by atoms with Gasteiger partial charge in [-0.05, 0) is 11.6 Å². The number of hydrogen-bond donors (Lipinski definition) is 0. The van der Waals surface area contributed by atoms with Crippen molar-refractivity contribution >= 4 is 0 Å². The lowest BCUT2D eigenvalue weighted by Crippen LogP contribution is -1.80. The molecular weight excluding hydrogens is 148 g/mol. The Hall–Kier alpha value is -1.70. The normalized spacial score (nSPS) is 9.67. The minimum atomic E-state index is 1.03. The first-order valence-electron chi connectivity index (χ1n) is 3.68. The number of hydrogen-bond acceptors (Lipinski definition) is 2. The van der Waals surface area contributed by atoms with Crippen LogP contribution in [0.3, 0.4) is 0 Å². The standard InChI is InChI=1S/C10H7N2/c1-2-4-9(5-3-1)10-6-11-8-12-7-10/h2-8H. The molecule has 1 radical (unpaired) electrons. The summed E-state index contributed by atoms with van der Waals surface area (Å²) < 4.78 is 0. The van der Waals surface area contributed by atoms with Crippen LogP contribution in [-0.4, -0.2) is 9.97 Å². The van der Waals surface area contributed by atoms with E-state index in [4.69, 9.17) is 0 Å². The van der Waals surface area contributed by atoms with E-state index < -0.39 is 0 Å². The minimum Gasteiger partial charge on any atom is -0.244 e. The summed E-state index contributed by atoms with van der Waals surface area (Å²) in [6.45, 7) is 0. The van der Waals surface area contributed by atoms with Gasteiger partial charge >= 0.3 is 0 Å². The van der Waals surface area contributed by atoms with Crippen molar-refractivity contribution in [1.82, 2.24) is 9.97 Å². The lowest BCUT2D eigenvalue weighted by molar-refractivity contribution is 1.17. The molecule has 0 saturated carbocycles. The molecule has 1 heterocycles. The predicted molar refractivity (Wildman–Crippen MR) is 46.3 cm³/mol. The molecule has 57 valence electrons. The molecule has 2 aromatic rings. The fourth-order valence-electron chi connectivity index (χ4n) is 1.03. The summed E-state index contributed by atoms with van der Waals surface area (Å²) in [5.41, 5.74) is 2.15. The highest BCUT2D eigenvalue weighted by Crippen LogP contribution is 2.14. The maximum Gasteiger partial charge on any atom is 0.115 e. The van der Waals surface area contributed by atoms with E-state index in [1.807, 2.05) is 24.3 Å². The van der Waals surface area contributed by atoms with Gasteiger partial charge in [-0.1, -0.05) is 24.3 Å². The molecule has 2 rings (SSSR count). The van der Waals surface area contributed by atoms with Crippen LogP contribution in [0.5, 0.6) is 0 Å². The van der Waals surface area contributed by atoms with Gasteiger partial charge in [-0.2, -0.15) is 0 Å². The Morgan fingerprint density at radius 3 is 2.25 bits per heavy atom. The molecule has 1 aromatic carbocycles. The first kappa shape index (κ1) is 6.98.